The van der Waals surface area contributed by atoms with Gasteiger partial charge in [-0.2, -0.15) is 0 Å². The average Bonchev–Trinajstić information content (AvgIpc) is 2.69. The summed E-state index contributed by atoms with van der Waals surface area (Å²) in [7, 11) is 0. The van der Waals surface area contributed by atoms with E-state index in [1.165, 1.54) is 0 Å². The lowest BCUT2D eigenvalue weighted by Crippen LogP contribution is -2.46. The van der Waals surface area contributed by atoms with Crippen molar-refractivity contribution in [2.45, 2.75) is 19.3 Å². The Morgan fingerprint density at radius 1 is 1.00 bits per heavy atom. The number of rotatable bonds is 8. The van der Waals surface area contributed by atoms with E-state index in [4.69, 9.17) is 27.9 Å². The van der Waals surface area contributed by atoms with Crippen LogP contribution in [0.5, 0.6) is 11.6 Å². The van der Waals surface area contributed by atoms with Crippen molar-refractivity contribution in [2.24, 2.45) is 0 Å². The van der Waals surface area contributed by atoms with Gasteiger partial charge in [0.25, 0.3) is 5.88 Å². The Labute approximate surface area is 170 Å². The average molecular weight is 410 g/mol. The molecule has 2 aromatic rings. The molecule has 1 aromatic carbocycles. The topological polar surface area (TPSA) is 48.8 Å². The number of ether oxygens (including phenoxy) is 1. The van der Waals surface area contributed by atoms with Crippen LogP contribution in [-0.2, 0) is 0 Å². The highest BCUT2D eigenvalue weighted by Gasteiger charge is 2.19. The maximum absolute atomic E-state index is 9.61. The third kappa shape index (κ3) is 5.64. The van der Waals surface area contributed by atoms with Gasteiger partial charge in [-0.25, -0.2) is 4.98 Å². The van der Waals surface area contributed by atoms with Crippen molar-refractivity contribution in [2.75, 3.05) is 44.2 Å². The molecule has 1 aromatic heterocycles. The molecule has 7 heteroatoms. The van der Waals surface area contributed by atoms with Gasteiger partial charge in [-0.15, -0.1) is 0 Å². The highest BCUT2D eigenvalue weighted by Crippen LogP contribution is 2.32. The van der Waals surface area contributed by atoms with Crippen LogP contribution in [0.3, 0.4) is 0 Å². The number of halogens is 2. The number of nitrogens with zero attached hydrogens (tertiary/aromatic N) is 3. The number of aromatic hydroxyl groups is 1. The molecule has 1 N–H and O–H groups in total. The van der Waals surface area contributed by atoms with Crippen LogP contribution in [0.4, 0.5) is 5.69 Å². The standard InChI is InChI=1S/C20H25Cl2N3O2/c21-16-6-4-7-17(19(16)22)25-13-11-24(12-14-25)10-2-1-3-15-27-20-18(26)8-5-9-23-20/h4-9,26H,1-3,10-15H2. The van der Waals surface area contributed by atoms with E-state index in [9.17, 15) is 5.11 Å². The lowest BCUT2D eigenvalue weighted by atomic mass is 10.2. The monoisotopic (exact) mass is 409 g/mol. The molecule has 3 rings (SSSR count). The molecule has 0 saturated carbocycles. The molecule has 1 saturated heterocycles. The van der Waals surface area contributed by atoms with Gasteiger partial charge in [0.05, 0.1) is 22.3 Å². The maximum Gasteiger partial charge on any atom is 0.256 e. The first-order chi connectivity index (χ1) is 13.1. The van der Waals surface area contributed by atoms with Gasteiger partial charge in [-0.1, -0.05) is 29.3 Å². The van der Waals surface area contributed by atoms with Crippen LogP contribution < -0.4 is 9.64 Å². The number of hydrogen-bond donors (Lipinski definition) is 1. The molecule has 146 valence electrons. The molecule has 2 heterocycles. The zero-order chi connectivity index (χ0) is 19.1. The van der Waals surface area contributed by atoms with Crippen LogP contribution in [0, 0.1) is 0 Å². The van der Waals surface area contributed by atoms with Crippen LogP contribution in [0.2, 0.25) is 10.0 Å². The molecule has 0 bridgehead atoms. The van der Waals surface area contributed by atoms with Gasteiger partial charge in [0, 0.05) is 32.4 Å². The Bertz CT molecular complexity index is 737. The minimum absolute atomic E-state index is 0.0928. The first-order valence-corrected chi connectivity index (χ1v) is 10.1. The minimum Gasteiger partial charge on any atom is -0.503 e. The molecular weight excluding hydrogens is 385 g/mol. The third-order valence-electron chi connectivity index (χ3n) is 4.75. The van der Waals surface area contributed by atoms with E-state index in [0.717, 1.165) is 57.7 Å². The zero-order valence-electron chi connectivity index (χ0n) is 15.3. The number of benzene rings is 1. The summed E-state index contributed by atoms with van der Waals surface area (Å²) >= 11 is 12.5. The van der Waals surface area contributed by atoms with Crippen LogP contribution in [0.15, 0.2) is 36.5 Å². The van der Waals surface area contributed by atoms with Crippen molar-refractivity contribution in [3.63, 3.8) is 0 Å². The van der Waals surface area contributed by atoms with Gasteiger partial charge in [0.2, 0.25) is 0 Å². The largest absolute Gasteiger partial charge is 0.503 e. The van der Waals surface area contributed by atoms with E-state index < -0.39 is 0 Å². The van der Waals surface area contributed by atoms with E-state index >= 15 is 0 Å². The van der Waals surface area contributed by atoms with Gasteiger partial charge in [-0.3, -0.25) is 4.90 Å². The predicted molar refractivity (Wildman–Crippen MR) is 110 cm³/mol. The smallest absolute Gasteiger partial charge is 0.256 e. The van der Waals surface area contributed by atoms with Gasteiger partial charge < -0.3 is 14.7 Å². The highest BCUT2D eigenvalue weighted by atomic mass is 35.5. The summed E-state index contributed by atoms with van der Waals surface area (Å²) in [6.45, 7) is 5.64. The van der Waals surface area contributed by atoms with Crippen molar-refractivity contribution in [3.8, 4) is 11.6 Å². The van der Waals surface area contributed by atoms with Crippen molar-refractivity contribution < 1.29 is 9.84 Å². The molecular formula is C20H25Cl2N3O2. The number of hydrogen-bond acceptors (Lipinski definition) is 5. The third-order valence-corrected chi connectivity index (χ3v) is 5.56. The van der Waals surface area contributed by atoms with Crippen LogP contribution in [0.25, 0.3) is 0 Å². The Balaban J connectivity index is 1.31. The summed E-state index contributed by atoms with van der Waals surface area (Å²) in [5, 5.41) is 10.9. The number of aromatic nitrogens is 1. The lowest BCUT2D eigenvalue weighted by molar-refractivity contribution is 0.242. The molecule has 0 amide bonds. The van der Waals surface area contributed by atoms with Crippen LogP contribution in [-0.4, -0.2) is 54.3 Å². The van der Waals surface area contributed by atoms with E-state index in [2.05, 4.69) is 14.8 Å². The second-order valence-electron chi connectivity index (χ2n) is 6.64. The van der Waals surface area contributed by atoms with Gasteiger partial charge in [0.1, 0.15) is 0 Å². The summed E-state index contributed by atoms with van der Waals surface area (Å²) in [6.07, 6.45) is 4.79. The van der Waals surface area contributed by atoms with Gasteiger partial charge in [0.15, 0.2) is 5.75 Å². The fourth-order valence-corrected chi connectivity index (χ4v) is 3.64. The van der Waals surface area contributed by atoms with Crippen molar-refractivity contribution in [3.05, 3.63) is 46.6 Å². The summed E-state index contributed by atoms with van der Waals surface area (Å²) in [5.41, 5.74) is 1.03. The Kier molecular flexibility index (Phi) is 7.44. The van der Waals surface area contributed by atoms with E-state index in [1.54, 1.807) is 18.3 Å². The maximum atomic E-state index is 9.61. The van der Waals surface area contributed by atoms with Crippen molar-refractivity contribution in [1.29, 1.82) is 0 Å². The van der Waals surface area contributed by atoms with Crippen molar-refractivity contribution >= 4 is 28.9 Å². The number of unbranched alkanes of at least 4 members (excludes halogenated alkanes) is 2. The zero-order valence-corrected chi connectivity index (χ0v) is 16.8. The van der Waals surface area contributed by atoms with E-state index in [-0.39, 0.29) is 5.75 Å². The number of anilines is 1. The van der Waals surface area contributed by atoms with Crippen molar-refractivity contribution in [1.82, 2.24) is 9.88 Å². The molecule has 0 spiro atoms. The molecule has 1 aliphatic heterocycles. The predicted octanol–water partition coefficient (Wildman–Crippen LogP) is 4.47. The first kappa shape index (κ1) is 20.1. The normalized spacial score (nSPS) is 15.1. The molecule has 0 aliphatic carbocycles. The fourth-order valence-electron chi connectivity index (χ4n) is 3.23. The quantitative estimate of drug-likeness (QED) is 0.651. The SMILES string of the molecule is Oc1cccnc1OCCCCCN1CCN(c2cccc(Cl)c2Cl)CC1. The summed E-state index contributed by atoms with van der Waals surface area (Å²) in [5.74, 6) is 0.406. The highest BCUT2D eigenvalue weighted by molar-refractivity contribution is 6.43. The first-order valence-electron chi connectivity index (χ1n) is 9.33. The molecule has 1 aliphatic rings. The van der Waals surface area contributed by atoms with Crippen LogP contribution >= 0.6 is 23.2 Å². The molecule has 1 fully saturated rings. The second kappa shape index (κ2) is 10.0. The summed E-state index contributed by atoms with van der Waals surface area (Å²) in [6, 6.07) is 9.06. The number of pyridine rings is 1. The molecule has 5 nitrogen and oxygen atoms in total. The summed E-state index contributed by atoms with van der Waals surface area (Å²) < 4.78 is 5.51. The molecule has 27 heavy (non-hydrogen) atoms. The Morgan fingerprint density at radius 3 is 2.59 bits per heavy atom. The lowest BCUT2D eigenvalue weighted by Gasteiger charge is -2.36. The molecule has 0 atom stereocenters. The van der Waals surface area contributed by atoms with Crippen LogP contribution in [0.1, 0.15) is 19.3 Å². The van der Waals surface area contributed by atoms with Gasteiger partial charge in [-0.05, 0) is 50.1 Å². The van der Waals surface area contributed by atoms with E-state index in [1.807, 2.05) is 18.2 Å². The Morgan fingerprint density at radius 2 is 1.81 bits per heavy atom. The van der Waals surface area contributed by atoms with E-state index in [0.29, 0.717) is 22.5 Å². The fraction of sp³-hybridized carbons (Fsp3) is 0.450. The number of piperazine rings is 1. The molecule has 0 unspecified atom stereocenters. The minimum atomic E-state index is 0.0928. The van der Waals surface area contributed by atoms with Gasteiger partial charge >= 0.3 is 0 Å². The molecule has 0 radical (unpaired) electrons. The Hall–Kier alpha value is -1.69. The second-order valence-corrected chi connectivity index (χ2v) is 7.42. The summed E-state index contributed by atoms with van der Waals surface area (Å²) in [4.78, 5) is 8.80.